The Morgan fingerprint density at radius 1 is 1.35 bits per heavy atom. The Hall–Kier alpha value is -0.943. The Morgan fingerprint density at radius 3 is 2.76 bits per heavy atom. The van der Waals surface area contributed by atoms with Crippen LogP contribution >= 0.6 is 0 Å². The van der Waals surface area contributed by atoms with Gasteiger partial charge in [0.05, 0.1) is 0 Å². The van der Waals surface area contributed by atoms with Gasteiger partial charge in [-0.2, -0.15) is 0 Å². The molecule has 0 amide bonds. The van der Waals surface area contributed by atoms with Gasteiger partial charge in [-0.1, -0.05) is 36.9 Å². The number of rotatable bonds is 8. The average molecular weight is 250 g/mol. The standard InChI is InChI=1S/C13H18O3Si/c1-4-11-6-5-7-12(10-11)8-9-16-17-13(14-2)15-3/h4-7,10,13H,1,8-9H2,2-3H3. The van der Waals surface area contributed by atoms with E-state index in [1.54, 1.807) is 14.2 Å². The Labute approximate surface area is 105 Å². The SMILES string of the molecule is C=Cc1cccc(CCO[Si]C(OC)OC)c1. The highest BCUT2D eigenvalue weighted by Gasteiger charge is 2.07. The van der Waals surface area contributed by atoms with Crippen molar-refractivity contribution in [3.05, 3.63) is 42.0 Å². The molecule has 17 heavy (non-hydrogen) atoms. The Balaban J connectivity index is 2.28. The normalized spacial score (nSPS) is 10.8. The molecule has 1 aromatic rings. The highest BCUT2D eigenvalue weighted by atomic mass is 28.2. The number of ether oxygens (including phenoxy) is 2. The Kier molecular flexibility index (Phi) is 6.80. The number of hydrogen-bond acceptors (Lipinski definition) is 3. The zero-order valence-electron chi connectivity index (χ0n) is 10.3. The van der Waals surface area contributed by atoms with Crippen molar-refractivity contribution in [2.75, 3.05) is 20.8 Å². The second kappa shape index (κ2) is 8.19. The molecule has 3 nitrogen and oxygen atoms in total. The van der Waals surface area contributed by atoms with Crippen LogP contribution in [0.1, 0.15) is 11.1 Å². The summed E-state index contributed by atoms with van der Waals surface area (Å²) in [7, 11) is 3.43. The van der Waals surface area contributed by atoms with E-state index < -0.39 is 0 Å². The minimum atomic E-state index is -0.255. The van der Waals surface area contributed by atoms with Crippen molar-refractivity contribution in [3.8, 4) is 0 Å². The number of benzene rings is 1. The van der Waals surface area contributed by atoms with Crippen molar-refractivity contribution in [2.24, 2.45) is 0 Å². The van der Waals surface area contributed by atoms with Crippen molar-refractivity contribution < 1.29 is 13.9 Å². The lowest BCUT2D eigenvalue weighted by Gasteiger charge is -2.11. The molecule has 0 aromatic heterocycles. The number of methoxy groups -OCH3 is 2. The molecular formula is C13H18O3Si. The summed E-state index contributed by atoms with van der Waals surface area (Å²) in [4.78, 5) is 0. The first kappa shape index (κ1) is 14.1. The molecule has 0 aliphatic rings. The topological polar surface area (TPSA) is 27.7 Å². The lowest BCUT2D eigenvalue weighted by molar-refractivity contribution is -0.0526. The van der Waals surface area contributed by atoms with Crippen molar-refractivity contribution in [1.82, 2.24) is 0 Å². The van der Waals surface area contributed by atoms with E-state index in [4.69, 9.17) is 13.9 Å². The van der Waals surface area contributed by atoms with Gasteiger partial charge in [-0.05, 0) is 17.5 Å². The Morgan fingerprint density at radius 2 is 2.12 bits per heavy atom. The van der Waals surface area contributed by atoms with Gasteiger partial charge in [0.2, 0.25) is 0 Å². The van der Waals surface area contributed by atoms with Gasteiger partial charge in [-0.15, -0.1) is 0 Å². The summed E-state index contributed by atoms with van der Waals surface area (Å²) in [5, 5.41) is 0. The quantitative estimate of drug-likeness (QED) is 0.402. The largest absolute Gasteiger partial charge is 0.412 e. The second-order valence-electron chi connectivity index (χ2n) is 3.47. The van der Waals surface area contributed by atoms with Crippen LogP contribution in [0.25, 0.3) is 6.08 Å². The first-order chi connectivity index (χ1) is 8.30. The molecule has 0 atom stereocenters. The van der Waals surface area contributed by atoms with Gasteiger partial charge in [0, 0.05) is 20.8 Å². The molecule has 0 unspecified atom stereocenters. The summed E-state index contributed by atoms with van der Waals surface area (Å²) in [5.74, 6) is -0.255. The molecule has 1 aromatic carbocycles. The second-order valence-corrected chi connectivity index (χ2v) is 4.46. The molecule has 0 aliphatic carbocycles. The maximum Gasteiger partial charge on any atom is 0.299 e. The fourth-order valence-electron chi connectivity index (χ4n) is 1.36. The summed E-state index contributed by atoms with van der Waals surface area (Å²) >= 11 is 0. The maximum absolute atomic E-state index is 5.51. The molecule has 0 spiro atoms. The predicted octanol–water partition coefficient (Wildman–Crippen LogP) is 2.08. The van der Waals surface area contributed by atoms with Crippen LogP contribution in [0.2, 0.25) is 0 Å². The van der Waals surface area contributed by atoms with Crippen LogP contribution in [-0.2, 0) is 20.3 Å². The summed E-state index contributed by atoms with van der Waals surface area (Å²) < 4.78 is 15.6. The van der Waals surface area contributed by atoms with Crippen LogP contribution in [0.3, 0.4) is 0 Å². The van der Waals surface area contributed by atoms with Crippen LogP contribution in [0.15, 0.2) is 30.8 Å². The average Bonchev–Trinajstić information content (AvgIpc) is 2.39. The summed E-state index contributed by atoms with van der Waals surface area (Å²) in [6.45, 7) is 4.42. The molecule has 4 heteroatoms. The summed E-state index contributed by atoms with van der Waals surface area (Å²) in [6.07, 6.45) is 2.73. The summed E-state index contributed by atoms with van der Waals surface area (Å²) in [5.41, 5.74) is 2.38. The molecular weight excluding hydrogens is 232 g/mol. The maximum atomic E-state index is 5.51. The van der Waals surface area contributed by atoms with Crippen molar-refractivity contribution in [3.63, 3.8) is 0 Å². The Bertz CT molecular complexity index is 337. The molecule has 0 heterocycles. The third-order valence-corrected chi connectivity index (χ3v) is 3.32. The van der Waals surface area contributed by atoms with Gasteiger partial charge >= 0.3 is 0 Å². The fraction of sp³-hybridized carbons (Fsp3) is 0.385. The first-order valence-electron chi connectivity index (χ1n) is 5.44. The van der Waals surface area contributed by atoms with E-state index in [0.29, 0.717) is 6.61 Å². The van der Waals surface area contributed by atoms with Gasteiger partial charge < -0.3 is 13.9 Å². The highest BCUT2D eigenvalue weighted by molar-refractivity contribution is 6.28. The van der Waals surface area contributed by atoms with Gasteiger partial charge in [0.1, 0.15) is 0 Å². The lowest BCUT2D eigenvalue weighted by atomic mass is 10.1. The van der Waals surface area contributed by atoms with Crippen LogP contribution in [0.5, 0.6) is 0 Å². The molecule has 0 saturated heterocycles. The molecule has 2 radical (unpaired) electrons. The van der Waals surface area contributed by atoms with Crippen LogP contribution in [0, 0.1) is 0 Å². The lowest BCUT2D eigenvalue weighted by Crippen LogP contribution is -2.24. The summed E-state index contributed by atoms with van der Waals surface area (Å²) in [6, 6.07) is 8.26. The third kappa shape index (κ3) is 5.28. The van der Waals surface area contributed by atoms with Crippen LogP contribution < -0.4 is 0 Å². The van der Waals surface area contributed by atoms with Crippen molar-refractivity contribution in [2.45, 2.75) is 12.3 Å². The van der Waals surface area contributed by atoms with E-state index in [2.05, 4.69) is 18.7 Å². The highest BCUT2D eigenvalue weighted by Crippen LogP contribution is 2.07. The zero-order valence-corrected chi connectivity index (χ0v) is 11.3. The molecule has 0 N–H and O–H groups in total. The van der Waals surface area contributed by atoms with Gasteiger partial charge in [-0.3, -0.25) is 0 Å². The van der Waals surface area contributed by atoms with E-state index in [-0.39, 0.29) is 15.7 Å². The molecule has 0 saturated carbocycles. The third-order valence-electron chi connectivity index (χ3n) is 2.29. The number of hydrogen-bond donors (Lipinski definition) is 0. The van der Waals surface area contributed by atoms with E-state index in [0.717, 1.165) is 12.0 Å². The molecule has 92 valence electrons. The van der Waals surface area contributed by atoms with Gasteiger partial charge in [0.25, 0.3) is 9.76 Å². The van der Waals surface area contributed by atoms with E-state index in [9.17, 15) is 0 Å². The van der Waals surface area contributed by atoms with Crippen molar-refractivity contribution in [1.29, 1.82) is 0 Å². The zero-order chi connectivity index (χ0) is 12.5. The predicted molar refractivity (Wildman–Crippen MR) is 69.7 cm³/mol. The molecule has 0 aliphatic heterocycles. The minimum Gasteiger partial charge on any atom is -0.412 e. The van der Waals surface area contributed by atoms with Gasteiger partial charge in [-0.25, -0.2) is 0 Å². The van der Waals surface area contributed by atoms with Crippen molar-refractivity contribution >= 4 is 15.8 Å². The van der Waals surface area contributed by atoms with E-state index in [1.165, 1.54) is 5.56 Å². The monoisotopic (exact) mass is 250 g/mol. The van der Waals surface area contributed by atoms with E-state index >= 15 is 0 Å². The molecule has 0 fully saturated rings. The molecule has 1 rings (SSSR count). The van der Waals surface area contributed by atoms with Crippen LogP contribution in [0.4, 0.5) is 0 Å². The van der Waals surface area contributed by atoms with Crippen LogP contribution in [-0.4, -0.2) is 36.5 Å². The smallest absolute Gasteiger partial charge is 0.299 e. The first-order valence-corrected chi connectivity index (χ1v) is 6.43. The van der Waals surface area contributed by atoms with Gasteiger partial charge in [0.15, 0.2) is 5.91 Å². The van der Waals surface area contributed by atoms with E-state index in [1.807, 2.05) is 18.2 Å². The minimum absolute atomic E-state index is 0.208. The fourth-order valence-corrected chi connectivity index (χ4v) is 1.91. The molecule has 0 bridgehead atoms.